The van der Waals surface area contributed by atoms with E-state index in [1.54, 1.807) is 18.7 Å². The van der Waals surface area contributed by atoms with E-state index in [2.05, 4.69) is 15.5 Å². The van der Waals surface area contributed by atoms with Crippen molar-refractivity contribution in [2.75, 3.05) is 12.4 Å². The van der Waals surface area contributed by atoms with Gasteiger partial charge in [-0.2, -0.15) is 0 Å². The summed E-state index contributed by atoms with van der Waals surface area (Å²) in [7, 11) is 3.42. The fraction of sp³-hybridized carbons (Fsp3) is 0.360. The molecule has 1 N–H and O–H groups in total. The second-order valence-electron chi connectivity index (χ2n) is 8.83. The molecular formula is C25H27N5O4. The van der Waals surface area contributed by atoms with Crippen molar-refractivity contribution in [3.63, 3.8) is 0 Å². The third-order valence-electron chi connectivity index (χ3n) is 6.77. The van der Waals surface area contributed by atoms with Crippen LogP contribution < -0.4 is 15.7 Å². The first-order valence-corrected chi connectivity index (χ1v) is 11.4. The number of rotatable bonds is 6. The SMILES string of the molecule is COc1ccc2c(c1)n(CC1CCC(C(=O)Nc3ccc(-c4nnco4)cc3)CC1)c(=O)n2C. The molecule has 5 rings (SSSR count). The van der Waals surface area contributed by atoms with Crippen LogP contribution in [0, 0.1) is 11.8 Å². The smallest absolute Gasteiger partial charge is 0.328 e. The molecule has 0 unspecified atom stereocenters. The van der Waals surface area contributed by atoms with Gasteiger partial charge in [-0.05, 0) is 68.0 Å². The molecule has 9 heteroatoms. The summed E-state index contributed by atoms with van der Waals surface area (Å²) in [6.45, 7) is 0.648. The Balaban J connectivity index is 1.20. The minimum absolute atomic E-state index is 0.0212. The standard InChI is InChI=1S/C25H27N5O4/c1-29-21-12-11-20(33-2)13-22(21)30(25(29)32)14-16-3-5-17(6-4-16)23(31)27-19-9-7-18(8-10-19)24-28-26-15-34-24/h7-13,15-17H,3-6,14H2,1-2H3,(H,27,31). The summed E-state index contributed by atoms with van der Waals surface area (Å²) < 4.78 is 14.1. The Morgan fingerprint density at radius 1 is 1.12 bits per heavy atom. The Morgan fingerprint density at radius 2 is 1.88 bits per heavy atom. The average molecular weight is 462 g/mol. The number of nitrogens with one attached hydrogen (secondary N) is 1. The Bertz CT molecular complexity index is 1350. The molecule has 2 aromatic heterocycles. The lowest BCUT2D eigenvalue weighted by molar-refractivity contribution is -0.121. The van der Waals surface area contributed by atoms with Crippen molar-refractivity contribution >= 4 is 22.6 Å². The number of aromatic nitrogens is 4. The molecule has 1 aliphatic rings. The van der Waals surface area contributed by atoms with Gasteiger partial charge in [0.1, 0.15) is 5.75 Å². The lowest BCUT2D eigenvalue weighted by Crippen LogP contribution is -2.30. The van der Waals surface area contributed by atoms with E-state index in [1.165, 1.54) is 6.39 Å². The summed E-state index contributed by atoms with van der Waals surface area (Å²) in [5, 5.41) is 10.6. The van der Waals surface area contributed by atoms with Gasteiger partial charge in [-0.25, -0.2) is 4.79 Å². The van der Waals surface area contributed by atoms with E-state index in [-0.39, 0.29) is 17.5 Å². The third-order valence-corrected chi connectivity index (χ3v) is 6.77. The number of nitrogens with zero attached hydrogens (tertiary/aromatic N) is 4. The van der Waals surface area contributed by atoms with E-state index in [1.807, 2.05) is 47.0 Å². The highest BCUT2D eigenvalue weighted by Gasteiger charge is 2.27. The molecule has 4 aromatic rings. The first-order chi connectivity index (χ1) is 16.5. The first kappa shape index (κ1) is 21.9. The summed E-state index contributed by atoms with van der Waals surface area (Å²) in [5.74, 6) is 1.54. The van der Waals surface area contributed by atoms with Gasteiger partial charge >= 0.3 is 5.69 Å². The lowest BCUT2D eigenvalue weighted by Gasteiger charge is -2.28. The summed E-state index contributed by atoms with van der Waals surface area (Å²) in [6.07, 6.45) is 4.70. The van der Waals surface area contributed by atoms with Crippen molar-refractivity contribution < 1.29 is 13.9 Å². The molecule has 176 valence electrons. The van der Waals surface area contributed by atoms with Gasteiger partial charge in [0.2, 0.25) is 18.2 Å². The van der Waals surface area contributed by atoms with Crippen LogP contribution in [0.15, 0.2) is 58.1 Å². The molecule has 1 amide bonds. The molecule has 1 aliphatic carbocycles. The van der Waals surface area contributed by atoms with Crippen LogP contribution in [-0.4, -0.2) is 32.3 Å². The van der Waals surface area contributed by atoms with Gasteiger partial charge in [-0.1, -0.05) is 0 Å². The Kier molecular flexibility index (Phi) is 5.91. The zero-order chi connectivity index (χ0) is 23.7. The largest absolute Gasteiger partial charge is 0.497 e. The van der Waals surface area contributed by atoms with Gasteiger partial charge in [0.25, 0.3) is 0 Å². The number of methoxy groups -OCH3 is 1. The van der Waals surface area contributed by atoms with Crippen LogP contribution >= 0.6 is 0 Å². The zero-order valence-corrected chi connectivity index (χ0v) is 19.2. The molecule has 9 nitrogen and oxygen atoms in total. The number of anilines is 1. The fourth-order valence-electron chi connectivity index (χ4n) is 4.80. The van der Waals surface area contributed by atoms with E-state index in [0.717, 1.165) is 53.7 Å². The van der Waals surface area contributed by atoms with Crippen molar-refractivity contribution in [3.05, 3.63) is 59.3 Å². The molecule has 1 fully saturated rings. The van der Waals surface area contributed by atoms with Gasteiger partial charge in [-0.15, -0.1) is 10.2 Å². The average Bonchev–Trinajstić information content (AvgIpc) is 3.48. The number of ether oxygens (including phenoxy) is 1. The number of amides is 1. The monoisotopic (exact) mass is 461 g/mol. The first-order valence-electron chi connectivity index (χ1n) is 11.4. The molecule has 0 saturated heterocycles. The fourth-order valence-corrected chi connectivity index (χ4v) is 4.80. The van der Waals surface area contributed by atoms with Gasteiger partial charge in [0.15, 0.2) is 0 Å². The van der Waals surface area contributed by atoms with E-state index in [0.29, 0.717) is 18.4 Å². The van der Waals surface area contributed by atoms with Crippen LogP contribution in [0.1, 0.15) is 25.7 Å². The highest BCUT2D eigenvalue weighted by molar-refractivity contribution is 5.92. The molecule has 2 aromatic carbocycles. The minimum atomic E-state index is -0.0313. The number of fused-ring (bicyclic) bond motifs is 1. The molecule has 0 atom stereocenters. The molecule has 0 spiro atoms. The molecule has 34 heavy (non-hydrogen) atoms. The predicted molar refractivity (Wildman–Crippen MR) is 128 cm³/mol. The number of hydrogen-bond donors (Lipinski definition) is 1. The van der Waals surface area contributed by atoms with E-state index in [9.17, 15) is 9.59 Å². The van der Waals surface area contributed by atoms with Crippen LogP contribution in [0.2, 0.25) is 0 Å². The van der Waals surface area contributed by atoms with Gasteiger partial charge in [-0.3, -0.25) is 13.9 Å². The molecule has 0 radical (unpaired) electrons. The molecule has 2 heterocycles. The quantitative estimate of drug-likeness (QED) is 0.468. The van der Waals surface area contributed by atoms with E-state index >= 15 is 0 Å². The van der Waals surface area contributed by atoms with Crippen molar-refractivity contribution in [1.29, 1.82) is 0 Å². The van der Waals surface area contributed by atoms with Crippen molar-refractivity contribution in [1.82, 2.24) is 19.3 Å². The summed E-state index contributed by atoms with van der Waals surface area (Å²) in [5.41, 5.74) is 3.30. The van der Waals surface area contributed by atoms with Crippen molar-refractivity contribution in [3.8, 4) is 17.2 Å². The molecule has 1 saturated carbocycles. The number of imidazole rings is 1. The second kappa shape index (κ2) is 9.17. The molecular weight excluding hydrogens is 434 g/mol. The maximum absolute atomic E-state index is 12.8. The van der Waals surface area contributed by atoms with Crippen molar-refractivity contribution in [2.45, 2.75) is 32.2 Å². The van der Waals surface area contributed by atoms with Crippen molar-refractivity contribution in [2.24, 2.45) is 18.9 Å². The Labute approximate surface area is 196 Å². The minimum Gasteiger partial charge on any atom is -0.497 e. The number of carbonyl (C=O) groups excluding carboxylic acids is 1. The van der Waals surface area contributed by atoms with E-state index < -0.39 is 0 Å². The highest BCUT2D eigenvalue weighted by Crippen LogP contribution is 2.32. The van der Waals surface area contributed by atoms with Crippen LogP contribution in [0.3, 0.4) is 0 Å². The Hall–Kier alpha value is -3.88. The lowest BCUT2D eigenvalue weighted by atomic mass is 9.81. The predicted octanol–water partition coefficient (Wildman–Crippen LogP) is 3.84. The summed E-state index contributed by atoms with van der Waals surface area (Å²) in [6, 6.07) is 13.1. The van der Waals surface area contributed by atoms with Crippen LogP contribution in [-0.2, 0) is 18.4 Å². The molecule has 0 aliphatic heterocycles. The summed E-state index contributed by atoms with van der Waals surface area (Å²) in [4.78, 5) is 25.7. The number of aryl methyl sites for hydroxylation is 1. The van der Waals surface area contributed by atoms with Crippen LogP contribution in [0.5, 0.6) is 5.75 Å². The molecule has 0 bridgehead atoms. The maximum atomic E-state index is 12.8. The third kappa shape index (κ3) is 4.21. The van der Waals surface area contributed by atoms with Crippen LogP contribution in [0.4, 0.5) is 5.69 Å². The number of hydrogen-bond acceptors (Lipinski definition) is 6. The number of carbonyl (C=O) groups is 1. The maximum Gasteiger partial charge on any atom is 0.328 e. The van der Waals surface area contributed by atoms with E-state index in [4.69, 9.17) is 9.15 Å². The summed E-state index contributed by atoms with van der Waals surface area (Å²) >= 11 is 0. The van der Waals surface area contributed by atoms with Gasteiger partial charge in [0, 0.05) is 36.8 Å². The van der Waals surface area contributed by atoms with Gasteiger partial charge in [0.05, 0.1) is 18.1 Å². The van der Waals surface area contributed by atoms with Crippen LogP contribution in [0.25, 0.3) is 22.5 Å². The van der Waals surface area contributed by atoms with Gasteiger partial charge < -0.3 is 14.5 Å². The highest BCUT2D eigenvalue weighted by atomic mass is 16.5. The number of benzene rings is 2. The topological polar surface area (TPSA) is 104 Å². The normalized spacial score (nSPS) is 18.2. The Morgan fingerprint density at radius 3 is 2.56 bits per heavy atom. The zero-order valence-electron chi connectivity index (χ0n) is 19.2. The second-order valence-corrected chi connectivity index (χ2v) is 8.83.